The molecule has 156 valence electrons. The minimum atomic E-state index is -3.77. The van der Waals surface area contributed by atoms with Crippen molar-refractivity contribution in [2.24, 2.45) is 0 Å². The summed E-state index contributed by atoms with van der Waals surface area (Å²) in [6, 6.07) is 20.8. The van der Waals surface area contributed by atoms with E-state index in [1.165, 1.54) is 0 Å². The van der Waals surface area contributed by atoms with Gasteiger partial charge >= 0.3 is 0 Å². The first-order valence-corrected chi connectivity index (χ1v) is 11.3. The van der Waals surface area contributed by atoms with Crippen molar-refractivity contribution in [2.75, 3.05) is 22.4 Å². The Morgan fingerprint density at radius 2 is 1.67 bits per heavy atom. The predicted octanol–water partition coefficient (Wildman–Crippen LogP) is 4.85. The van der Waals surface area contributed by atoms with Gasteiger partial charge in [-0.15, -0.1) is 0 Å². The Balaban J connectivity index is 1.89. The lowest BCUT2D eigenvalue weighted by atomic mass is 10.2. The van der Waals surface area contributed by atoms with Crippen molar-refractivity contribution >= 4 is 38.9 Å². The summed E-state index contributed by atoms with van der Waals surface area (Å²) in [6.45, 7) is 1.36. The number of nitrogens with zero attached hydrogens (tertiary/aromatic N) is 1. The topological polar surface area (TPSA) is 75.7 Å². The number of nitrogens with one attached hydrogen (secondary N) is 1. The second-order valence-corrected chi connectivity index (χ2v) is 8.93. The van der Waals surface area contributed by atoms with E-state index in [2.05, 4.69) is 5.32 Å². The number of hydrogen-bond acceptors (Lipinski definition) is 4. The van der Waals surface area contributed by atoms with Crippen molar-refractivity contribution < 1.29 is 17.9 Å². The quantitative estimate of drug-likeness (QED) is 0.565. The third-order valence-electron chi connectivity index (χ3n) is 4.33. The highest BCUT2D eigenvalue weighted by Crippen LogP contribution is 2.33. The van der Waals surface area contributed by atoms with Crippen molar-refractivity contribution in [3.63, 3.8) is 0 Å². The molecule has 1 amide bonds. The first-order valence-electron chi connectivity index (χ1n) is 9.10. The Morgan fingerprint density at radius 1 is 1.00 bits per heavy atom. The first kappa shape index (κ1) is 21.7. The lowest BCUT2D eigenvalue weighted by Crippen LogP contribution is -2.37. The summed E-state index contributed by atoms with van der Waals surface area (Å²) < 4.78 is 31.9. The molecule has 30 heavy (non-hydrogen) atoms. The molecule has 0 unspecified atom stereocenters. The largest absolute Gasteiger partial charge is 0.455 e. The Labute approximate surface area is 181 Å². The monoisotopic (exact) mass is 444 g/mol. The van der Waals surface area contributed by atoms with Crippen LogP contribution in [-0.2, 0) is 14.8 Å². The maximum Gasteiger partial charge on any atom is 0.245 e. The Hall–Kier alpha value is -3.03. The van der Waals surface area contributed by atoms with Gasteiger partial charge < -0.3 is 10.1 Å². The third kappa shape index (κ3) is 5.31. The van der Waals surface area contributed by atoms with Crippen molar-refractivity contribution in [1.82, 2.24) is 0 Å². The van der Waals surface area contributed by atoms with E-state index in [1.54, 1.807) is 61.5 Å². The molecule has 0 atom stereocenters. The zero-order valence-corrected chi connectivity index (χ0v) is 18.1. The first-order chi connectivity index (χ1) is 14.3. The van der Waals surface area contributed by atoms with Crippen molar-refractivity contribution in [3.8, 4) is 11.5 Å². The van der Waals surface area contributed by atoms with E-state index in [-0.39, 0.29) is 5.69 Å². The van der Waals surface area contributed by atoms with Gasteiger partial charge in [-0.2, -0.15) is 0 Å². The maximum absolute atomic E-state index is 12.7. The molecule has 0 aliphatic heterocycles. The van der Waals surface area contributed by atoms with Gasteiger partial charge in [-0.05, 0) is 48.9 Å². The van der Waals surface area contributed by atoms with E-state index in [4.69, 9.17) is 16.3 Å². The Bertz CT molecular complexity index is 1150. The zero-order valence-electron chi connectivity index (χ0n) is 16.5. The van der Waals surface area contributed by atoms with Crippen LogP contribution in [-0.4, -0.2) is 27.1 Å². The summed E-state index contributed by atoms with van der Waals surface area (Å²) in [6.07, 6.45) is 1.05. The average Bonchev–Trinajstić information content (AvgIpc) is 2.70. The summed E-state index contributed by atoms with van der Waals surface area (Å²) in [5.74, 6) is 0.374. The molecule has 6 nitrogen and oxygen atoms in total. The van der Waals surface area contributed by atoms with Crippen LogP contribution in [0.2, 0.25) is 5.02 Å². The lowest BCUT2D eigenvalue weighted by molar-refractivity contribution is -0.114. The van der Waals surface area contributed by atoms with Crippen molar-refractivity contribution in [1.29, 1.82) is 0 Å². The van der Waals surface area contributed by atoms with Crippen LogP contribution in [0.3, 0.4) is 0 Å². The van der Waals surface area contributed by atoms with E-state index in [0.717, 1.165) is 10.6 Å². The van der Waals surface area contributed by atoms with Crippen LogP contribution in [0, 0.1) is 6.92 Å². The fraction of sp³-hybridized carbons (Fsp3) is 0.136. The molecule has 0 aliphatic rings. The number of carbonyl (C=O) groups excluding carboxylic acids is 1. The molecule has 0 bridgehead atoms. The normalized spacial score (nSPS) is 11.0. The number of rotatable bonds is 7. The number of halogens is 1. The minimum absolute atomic E-state index is 0.266. The van der Waals surface area contributed by atoms with Crippen molar-refractivity contribution in [2.45, 2.75) is 6.92 Å². The van der Waals surface area contributed by atoms with Crippen LogP contribution in [0.4, 0.5) is 11.4 Å². The Kier molecular flexibility index (Phi) is 6.64. The van der Waals surface area contributed by atoms with Crippen LogP contribution < -0.4 is 14.4 Å². The minimum Gasteiger partial charge on any atom is -0.455 e. The molecule has 0 heterocycles. The summed E-state index contributed by atoms with van der Waals surface area (Å²) in [5.41, 5.74) is 1.49. The molecular formula is C22H21ClN2O4S. The maximum atomic E-state index is 12.7. The number of ether oxygens (including phenoxy) is 1. The smallest absolute Gasteiger partial charge is 0.245 e. The van der Waals surface area contributed by atoms with Crippen molar-refractivity contribution in [3.05, 3.63) is 83.4 Å². The number of anilines is 2. The predicted molar refractivity (Wildman–Crippen MR) is 120 cm³/mol. The van der Waals surface area contributed by atoms with E-state index in [9.17, 15) is 13.2 Å². The molecule has 3 rings (SSSR count). The molecule has 1 N–H and O–H groups in total. The van der Waals surface area contributed by atoms with Gasteiger partial charge in [0.2, 0.25) is 15.9 Å². The molecule has 0 saturated heterocycles. The SMILES string of the molecule is Cc1c(Cl)cccc1NC(=O)CN(c1ccccc1Oc1ccccc1)S(C)(=O)=O. The highest BCUT2D eigenvalue weighted by molar-refractivity contribution is 7.92. The van der Waals surface area contributed by atoms with Crippen LogP contribution in [0.1, 0.15) is 5.56 Å². The number of benzene rings is 3. The summed E-state index contributed by atoms with van der Waals surface area (Å²) >= 11 is 6.10. The average molecular weight is 445 g/mol. The van der Waals surface area contributed by atoms with E-state index in [1.807, 2.05) is 18.2 Å². The van der Waals surface area contributed by atoms with Gasteiger partial charge in [0.15, 0.2) is 5.75 Å². The van der Waals surface area contributed by atoms with Crippen LogP contribution in [0.25, 0.3) is 0 Å². The molecular weight excluding hydrogens is 424 g/mol. The van der Waals surface area contributed by atoms with Gasteiger partial charge in [-0.3, -0.25) is 9.10 Å². The van der Waals surface area contributed by atoms with E-state index < -0.39 is 22.5 Å². The molecule has 0 fully saturated rings. The standard InChI is InChI=1S/C22H21ClN2O4S/c1-16-18(23)11-8-12-19(16)24-22(26)15-25(30(2,27)28)20-13-6-7-14-21(20)29-17-9-4-3-5-10-17/h3-14H,15H2,1-2H3,(H,24,26). The van der Waals surface area contributed by atoms with E-state index >= 15 is 0 Å². The number of hydrogen-bond donors (Lipinski definition) is 1. The highest BCUT2D eigenvalue weighted by atomic mass is 35.5. The number of para-hydroxylation sites is 3. The highest BCUT2D eigenvalue weighted by Gasteiger charge is 2.24. The molecule has 3 aromatic rings. The molecule has 0 saturated carbocycles. The molecule has 0 aliphatic carbocycles. The molecule has 3 aromatic carbocycles. The lowest BCUT2D eigenvalue weighted by Gasteiger charge is -2.24. The van der Waals surface area contributed by atoms with Gasteiger partial charge in [0.05, 0.1) is 11.9 Å². The fourth-order valence-corrected chi connectivity index (χ4v) is 3.84. The Morgan fingerprint density at radius 3 is 2.37 bits per heavy atom. The van der Waals surface area contributed by atoms with Gasteiger partial charge in [-0.25, -0.2) is 8.42 Å². The second-order valence-electron chi connectivity index (χ2n) is 6.61. The number of amides is 1. The second kappa shape index (κ2) is 9.19. The number of carbonyl (C=O) groups is 1. The molecule has 8 heteroatoms. The summed E-state index contributed by atoms with van der Waals surface area (Å²) in [7, 11) is -3.77. The molecule has 0 aromatic heterocycles. The van der Waals surface area contributed by atoms with Gasteiger partial charge in [0.1, 0.15) is 12.3 Å². The van der Waals surface area contributed by atoms with Crippen LogP contribution in [0.15, 0.2) is 72.8 Å². The van der Waals surface area contributed by atoms with E-state index in [0.29, 0.717) is 27.8 Å². The molecule has 0 spiro atoms. The molecule has 0 radical (unpaired) electrons. The number of sulfonamides is 1. The zero-order chi connectivity index (χ0) is 21.7. The van der Waals surface area contributed by atoms with Crippen LogP contribution >= 0.6 is 11.6 Å². The van der Waals surface area contributed by atoms with Crippen LogP contribution in [0.5, 0.6) is 11.5 Å². The fourth-order valence-electron chi connectivity index (χ4n) is 2.81. The van der Waals surface area contributed by atoms with Gasteiger partial charge in [-0.1, -0.05) is 48.0 Å². The van der Waals surface area contributed by atoms with Gasteiger partial charge in [0, 0.05) is 10.7 Å². The summed E-state index contributed by atoms with van der Waals surface area (Å²) in [4.78, 5) is 12.7. The summed E-state index contributed by atoms with van der Waals surface area (Å²) in [5, 5.41) is 3.23. The van der Waals surface area contributed by atoms with Gasteiger partial charge in [0.25, 0.3) is 0 Å². The third-order valence-corrected chi connectivity index (χ3v) is 5.87.